The molecular weight excluding hydrogens is 363 g/mol. The summed E-state index contributed by atoms with van der Waals surface area (Å²) in [5.74, 6) is -0.355. The van der Waals surface area contributed by atoms with E-state index in [2.05, 4.69) is 15.5 Å². The summed E-state index contributed by atoms with van der Waals surface area (Å²) in [6.45, 7) is 0. The van der Waals surface area contributed by atoms with Crippen molar-refractivity contribution in [3.05, 3.63) is 55.8 Å². The Hall–Kier alpha value is -2.10. The molecule has 1 amide bonds. The summed E-state index contributed by atoms with van der Waals surface area (Å²) in [5.41, 5.74) is -0.272. The maximum atomic E-state index is 11.9. The number of anilines is 1. The number of carbonyl (C=O) groups is 1. The van der Waals surface area contributed by atoms with E-state index < -0.39 is 10.8 Å². The van der Waals surface area contributed by atoms with Crippen molar-refractivity contribution in [1.82, 2.24) is 10.2 Å². The molecule has 2 rings (SSSR count). The highest BCUT2D eigenvalue weighted by Crippen LogP contribution is 2.18. The van der Waals surface area contributed by atoms with E-state index in [1.807, 2.05) is 22.6 Å². The first-order chi connectivity index (χ1) is 9.08. The van der Waals surface area contributed by atoms with Gasteiger partial charge in [0.25, 0.3) is 11.6 Å². The molecule has 0 aliphatic carbocycles. The lowest BCUT2D eigenvalue weighted by Crippen LogP contribution is -2.15. The van der Waals surface area contributed by atoms with E-state index in [0.717, 1.165) is 0 Å². The van der Waals surface area contributed by atoms with Crippen LogP contribution in [0.5, 0.6) is 0 Å². The minimum Gasteiger partial charge on any atom is -0.305 e. The van der Waals surface area contributed by atoms with Gasteiger partial charge in [0.2, 0.25) is 0 Å². The van der Waals surface area contributed by atoms with Crippen molar-refractivity contribution < 1.29 is 9.72 Å². The first-order valence-corrected chi connectivity index (χ1v) is 6.20. The van der Waals surface area contributed by atoms with Gasteiger partial charge in [-0.3, -0.25) is 14.9 Å². The van der Waals surface area contributed by atoms with Gasteiger partial charge in [-0.2, -0.15) is 0 Å². The van der Waals surface area contributed by atoms with Gasteiger partial charge in [-0.05, 0) is 40.8 Å². The smallest absolute Gasteiger partial charge is 0.282 e. The highest BCUT2D eigenvalue weighted by Gasteiger charge is 2.19. The van der Waals surface area contributed by atoms with Crippen molar-refractivity contribution in [2.75, 3.05) is 5.32 Å². The Morgan fingerprint density at radius 1 is 1.21 bits per heavy atom. The SMILES string of the molecule is O=C(Nc1ccc(I)nn1)c1ccccc1[N+](=O)[O-]. The van der Waals surface area contributed by atoms with Crippen LogP contribution in [0.1, 0.15) is 10.4 Å². The van der Waals surface area contributed by atoms with Gasteiger partial charge in [-0.25, -0.2) is 0 Å². The fourth-order valence-corrected chi connectivity index (χ4v) is 1.68. The van der Waals surface area contributed by atoms with E-state index in [9.17, 15) is 14.9 Å². The third-order valence-electron chi connectivity index (χ3n) is 2.22. The quantitative estimate of drug-likeness (QED) is 0.508. The molecule has 19 heavy (non-hydrogen) atoms. The molecular formula is C11H7IN4O3. The molecule has 7 nitrogen and oxygen atoms in total. The molecule has 0 atom stereocenters. The standard InChI is InChI=1S/C11H7IN4O3/c12-9-5-6-10(15-14-9)13-11(17)7-3-1-2-4-8(7)16(18)19/h1-6H,(H,13,15,17). The van der Waals surface area contributed by atoms with Gasteiger partial charge < -0.3 is 5.32 Å². The minimum absolute atomic E-state index is 0.0205. The number of halogens is 1. The molecule has 0 aliphatic heterocycles. The second kappa shape index (κ2) is 5.69. The Morgan fingerprint density at radius 2 is 1.95 bits per heavy atom. The van der Waals surface area contributed by atoms with Crippen molar-refractivity contribution in [2.45, 2.75) is 0 Å². The van der Waals surface area contributed by atoms with E-state index in [1.165, 1.54) is 18.2 Å². The third kappa shape index (κ3) is 3.22. The van der Waals surface area contributed by atoms with Crippen LogP contribution in [-0.2, 0) is 0 Å². The van der Waals surface area contributed by atoms with Crippen molar-refractivity contribution in [2.24, 2.45) is 0 Å². The number of rotatable bonds is 3. The average molecular weight is 370 g/mol. The molecule has 0 aliphatic rings. The van der Waals surface area contributed by atoms with Crippen molar-refractivity contribution in [3.63, 3.8) is 0 Å². The van der Waals surface area contributed by atoms with Crippen molar-refractivity contribution in [3.8, 4) is 0 Å². The molecule has 0 spiro atoms. The fourth-order valence-electron chi connectivity index (χ4n) is 1.39. The van der Waals surface area contributed by atoms with Gasteiger partial charge in [-0.1, -0.05) is 12.1 Å². The van der Waals surface area contributed by atoms with Crippen LogP contribution < -0.4 is 5.32 Å². The maximum Gasteiger partial charge on any atom is 0.282 e. The summed E-state index contributed by atoms with van der Waals surface area (Å²) >= 11 is 1.98. The molecule has 1 heterocycles. The first-order valence-electron chi connectivity index (χ1n) is 5.12. The van der Waals surface area contributed by atoms with Gasteiger partial charge in [0, 0.05) is 6.07 Å². The van der Waals surface area contributed by atoms with E-state index in [4.69, 9.17) is 0 Å². The predicted octanol–water partition coefficient (Wildman–Crippen LogP) is 2.24. The minimum atomic E-state index is -0.603. The lowest BCUT2D eigenvalue weighted by atomic mass is 10.1. The van der Waals surface area contributed by atoms with Crippen LogP contribution >= 0.6 is 22.6 Å². The van der Waals surface area contributed by atoms with Crippen LogP contribution in [0.15, 0.2) is 36.4 Å². The van der Waals surface area contributed by atoms with Gasteiger partial charge in [0.05, 0.1) is 4.92 Å². The number of nitro groups is 1. The van der Waals surface area contributed by atoms with Crippen LogP contribution in [-0.4, -0.2) is 21.0 Å². The highest BCUT2D eigenvalue weighted by molar-refractivity contribution is 14.1. The van der Waals surface area contributed by atoms with Crippen LogP contribution in [0.3, 0.4) is 0 Å². The third-order valence-corrected chi connectivity index (χ3v) is 2.79. The number of hydrogen-bond donors (Lipinski definition) is 1. The fraction of sp³-hybridized carbons (Fsp3) is 0. The second-order valence-electron chi connectivity index (χ2n) is 3.47. The maximum absolute atomic E-state index is 11.9. The zero-order valence-corrected chi connectivity index (χ0v) is 11.6. The average Bonchev–Trinajstić information content (AvgIpc) is 2.41. The molecule has 8 heteroatoms. The monoisotopic (exact) mass is 370 g/mol. The topological polar surface area (TPSA) is 98.0 Å². The van der Waals surface area contributed by atoms with Crippen LogP contribution in [0.2, 0.25) is 0 Å². The van der Waals surface area contributed by atoms with E-state index >= 15 is 0 Å². The number of nitrogens with one attached hydrogen (secondary N) is 1. The van der Waals surface area contributed by atoms with Crippen LogP contribution in [0.25, 0.3) is 0 Å². The molecule has 0 fully saturated rings. The van der Waals surface area contributed by atoms with Crippen molar-refractivity contribution in [1.29, 1.82) is 0 Å². The Kier molecular flexibility index (Phi) is 4.00. The second-order valence-corrected chi connectivity index (χ2v) is 4.57. The van der Waals surface area contributed by atoms with E-state index in [1.54, 1.807) is 18.2 Å². The molecule has 0 saturated carbocycles. The first kappa shape index (κ1) is 13.3. The van der Waals surface area contributed by atoms with Crippen LogP contribution in [0, 0.1) is 13.8 Å². The molecule has 1 N–H and O–H groups in total. The van der Waals surface area contributed by atoms with Gasteiger partial charge >= 0.3 is 0 Å². The molecule has 0 bridgehead atoms. The Labute approximate surface area is 121 Å². The molecule has 96 valence electrons. The molecule has 0 radical (unpaired) electrons. The summed E-state index contributed by atoms with van der Waals surface area (Å²) in [7, 11) is 0. The predicted molar refractivity (Wildman–Crippen MR) is 75.8 cm³/mol. The zero-order chi connectivity index (χ0) is 13.8. The lowest BCUT2D eigenvalue weighted by Gasteiger charge is -2.04. The Bertz CT molecular complexity index is 630. The highest BCUT2D eigenvalue weighted by atomic mass is 127. The van der Waals surface area contributed by atoms with Gasteiger partial charge in [0.1, 0.15) is 9.26 Å². The van der Waals surface area contributed by atoms with Gasteiger partial charge in [-0.15, -0.1) is 10.2 Å². The van der Waals surface area contributed by atoms with Crippen molar-refractivity contribution >= 4 is 40.0 Å². The number of aromatic nitrogens is 2. The lowest BCUT2D eigenvalue weighted by molar-refractivity contribution is -0.385. The van der Waals surface area contributed by atoms with Gasteiger partial charge in [0.15, 0.2) is 5.82 Å². The largest absolute Gasteiger partial charge is 0.305 e. The number of hydrogen-bond acceptors (Lipinski definition) is 5. The molecule has 1 aromatic carbocycles. The summed E-state index contributed by atoms with van der Waals surface area (Å²) in [6.07, 6.45) is 0. The zero-order valence-electron chi connectivity index (χ0n) is 9.41. The Balaban J connectivity index is 2.25. The molecule has 0 unspecified atom stereocenters. The normalized spacial score (nSPS) is 9.95. The number of nitro benzene ring substituents is 1. The number of benzene rings is 1. The molecule has 1 aromatic heterocycles. The summed E-state index contributed by atoms with van der Waals surface area (Å²) in [6, 6.07) is 8.95. The number of amides is 1. The Morgan fingerprint density at radius 3 is 2.58 bits per heavy atom. The molecule has 0 saturated heterocycles. The number of nitrogens with zero attached hydrogens (tertiary/aromatic N) is 3. The van der Waals surface area contributed by atoms with E-state index in [0.29, 0.717) is 3.70 Å². The number of para-hydroxylation sites is 1. The summed E-state index contributed by atoms with van der Waals surface area (Å²) in [5, 5.41) is 20.8. The summed E-state index contributed by atoms with van der Waals surface area (Å²) < 4.78 is 0.682. The molecule has 2 aromatic rings. The van der Waals surface area contributed by atoms with Crippen LogP contribution in [0.4, 0.5) is 11.5 Å². The summed E-state index contributed by atoms with van der Waals surface area (Å²) in [4.78, 5) is 22.2. The van der Waals surface area contributed by atoms with E-state index in [-0.39, 0.29) is 17.1 Å². The number of carbonyl (C=O) groups excluding carboxylic acids is 1.